The number of hydrogen-bond donors (Lipinski definition) is 1. The summed E-state index contributed by atoms with van der Waals surface area (Å²) in [7, 11) is 0. The van der Waals surface area contributed by atoms with Crippen LogP contribution in [0, 0.1) is 0 Å². The van der Waals surface area contributed by atoms with Crippen molar-refractivity contribution in [1.82, 2.24) is 9.88 Å². The van der Waals surface area contributed by atoms with Gasteiger partial charge in [0.25, 0.3) is 5.91 Å². The summed E-state index contributed by atoms with van der Waals surface area (Å²) in [6.45, 7) is 0.275. The summed E-state index contributed by atoms with van der Waals surface area (Å²) in [6.07, 6.45) is 1.89. The maximum absolute atomic E-state index is 13.1. The Labute approximate surface area is 144 Å². The Morgan fingerprint density at radius 2 is 1.72 bits per heavy atom. The van der Waals surface area contributed by atoms with Crippen LogP contribution in [-0.4, -0.2) is 32.9 Å². The van der Waals surface area contributed by atoms with Crippen molar-refractivity contribution < 1.29 is 14.7 Å². The minimum Gasteiger partial charge on any atom is -0.480 e. The van der Waals surface area contributed by atoms with Crippen LogP contribution in [0.4, 0.5) is 0 Å². The van der Waals surface area contributed by atoms with Crippen LogP contribution >= 0.6 is 0 Å². The smallest absolute Gasteiger partial charge is 0.326 e. The first-order valence-corrected chi connectivity index (χ1v) is 8.09. The van der Waals surface area contributed by atoms with Crippen molar-refractivity contribution in [2.45, 2.75) is 19.0 Å². The number of aliphatic carboxylic acids is 1. The van der Waals surface area contributed by atoms with Gasteiger partial charge in [0.15, 0.2) is 0 Å². The number of carboxylic acid groups (broad SMARTS) is 1. The van der Waals surface area contributed by atoms with E-state index in [2.05, 4.69) is 4.98 Å². The first kappa shape index (κ1) is 15.3. The zero-order valence-electron chi connectivity index (χ0n) is 13.4. The molecule has 0 bridgehead atoms. The Morgan fingerprint density at radius 3 is 2.52 bits per heavy atom. The Balaban J connectivity index is 1.79. The predicted octanol–water partition coefficient (Wildman–Crippen LogP) is 2.89. The zero-order valence-corrected chi connectivity index (χ0v) is 13.4. The summed E-state index contributed by atoms with van der Waals surface area (Å²) in [4.78, 5) is 30.6. The number of pyridine rings is 1. The van der Waals surface area contributed by atoms with Crippen LogP contribution in [-0.2, 0) is 17.8 Å². The summed E-state index contributed by atoms with van der Waals surface area (Å²) in [5.41, 5.74) is 2.25. The summed E-state index contributed by atoms with van der Waals surface area (Å²) in [5, 5.41) is 11.3. The van der Waals surface area contributed by atoms with Gasteiger partial charge in [0.1, 0.15) is 11.7 Å². The molecule has 3 aromatic rings. The lowest BCUT2D eigenvalue weighted by molar-refractivity contribution is -0.142. The Morgan fingerprint density at radius 1 is 1.00 bits per heavy atom. The van der Waals surface area contributed by atoms with Crippen molar-refractivity contribution in [2.75, 3.05) is 0 Å². The maximum Gasteiger partial charge on any atom is 0.326 e. The molecule has 0 aliphatic carbocycles. The van der Waals surface area contributed by atoms with Gasteiger partial charge in [-0.25, -0.2) is 4.79 Å². The zero-order chi connectivity index (χ0) is 17.4. The number of carboxylic acids is 1. The second-order valence-corrected chi connectivity index (χ2v) is 6.14. The van der Waals surface area contributed by atoms with E-state index in [0.29, 0.717) is 12.1 Å². The average Bonchev–Trinajstić information content (AvgIpc) is 2.66. The van der Waals surface area contributed by atoms with Gasteiger partial charge in [0, 0.05) is 24.5 Å². The molecule has 1 N–H and O–H groups in total. The Hall–Kier alpha value is -3.21. The number of benzene rings is 2. The van der Waals surface area contributed by atoms with Gasteiger partial charge < -0.3 is 10.0 Å². The molecule has 0 radical (unpaired) electrons. The van der Waals surface area contributed by atoms with Crippen LogP contribution in [0.15, 0.2) is 60.8 Å². The van der Waals surface area contributed by atoms with E-state index in [1.54, 1.807) is 6.20 Å². The first-order valence-electron chi connectivity index (χ1n) is 8.09. The molecule has 1 amide bonds. The van der Waals surface area contributed by atoms with Gasteiger partial charge in [-0.3, -0.25) is 9.78 Å². The van der Waals surface area contributed by atoms with Gasteiger partial charge in [-0.05, 0) is 22.6 Å². The van der Waals surface area contributed by atoms with Crippen molar-refractivity contribution in [1.29, 1.82) is 0 Å². The molecule has 1 atom stereocenters. The molecule has 2 aromatic carbocycles. The number of carbonyl (C=O) groups is 2. The normalized spacial score (nSPS) is 16.5. The van der Waals surface area contributed by atoms with E-state index in [9.17, 15) is 14.7 Å². The molecule has 0 unspecified atom stereocenters. The number of fused-ring (bicyclic) bond motifs is 2. The summed E-state index contributed by atoms with van der Waals surface area (Å²) >= 11 is 0. The average molecular weight is 332 g/mol. The van der Waals surface area contributed by atoms with Gasteiger partial charge in [-0.2, -0.15) is 0 Å². The SMILES string of the molecule is O=C(O)[C@@H]1Cc2ccccc2CN1C(=O)c1nccc2ccccc12. The standard InChI is InChI=1S/C20H16N2O3/c23-19(18-16-8-4-3-5-13(16)9-10-21-18)22-12-15-7-2-1-6-14(15)11-17(22)20(24)25/h1-10,17H,11-12H2,(H,24,25)/t17-/m0/s1. The fourth-order valence-electron chi connectivity index (χ4n) is 3.38. The monoisotopic (exact) mass is 332 g/mol. The van der Waals surface area contributed by atoms with Crippen LogP contribution in [0.25, 0.3) is 10.8 Å². The van der Waals surface area contributed by atoms with Crippen molar-refractivity contribution in [3.8, 4) is 0 Å². The van der Waals surface area contributed by atoms with Crippen LogP contribution in [0.1, 0.15) is 21.6 Å². The quantitative estimate of drug-likeness (QED) is 0.783. The van der Waals surface area contributed by atoms with Crippen molar-refractivity contribution in [3.63, 3.8) is 0 Å². The number of rotatable bonds is 2. The molecule has 5 nitrogen and oxygen atoms in total. The highest BCUT2D eigenvalue weighted by Gasteiger charge is 2.35. The summed E-state index contributed by atoms with van der Waals surface area (Å²) in [5.74, 6) is -1.35. The molecule has 5 heteroatoms. The predicted molar refractivity (Wildman–Crippen MR) is 93.2 cm³/mol. The summed E-state index contributed by atoms with van der Waals surface area (Å²) in [6, 6.07) is 16.1. The highest BCUT2D eigenvalue weighted by Crippen LogP contribution is 2.26. The van der Waals surface area contributed by atoms with Crippen LogP contribution < -0.4 is 0 Å². The van der Waals surface area contributed by atoms with Crippen molar-refractivity contribution >= 4 is 22.6 Å². The molecule has 0 spiro atoms. The first-order chi connectivity index (χ1) is 12.1. The van der Waals surface area contributed by atoms with Gasteiger partial charge in [-0.1, -0.05) is 48.5 Å². The molecule has 2 heterocycles. The minimum absolute atomic E-state index is 0.275. The number of hydrogen-bond acceptors (Lipinski definition) is 3. The maximum atomic E-state index is 13.1. The second-order valence-electron chi connectivity index (χ2n) is 6.14. The third-order valence-corrected chi connectivity index (χ3v) is 4.67. The largest absolute Gasteiger partial charge is 0.480 e. The number of carbonyl (C=O) groups excluding carboxylic acids is 1. The van der Waals surface area contributed by atoms with E-state index in [1.807, 2.05) is 54.6 Å². The molecular formula is C20H16N2O3. The van der Waals surface area contributed by atoms with Crippen molar-refractivity contribution in [2.24, 2.45) is 0 Å². The Bertz CT molecular complexity index is 978. The molecule has 25 heavy (non-hydrogen) atoms. The lowest BCUT2D eigenvalue weighted by atomic mass is 9.93. The molecule has 0 saturated carbocycles. The van der Waals surface area contributed by atoms with Gasteiger partial charge >= 0.3 is 5.97 Å². The number of aromatic nitrogens is 1. The molecule has 124 valence electrons. The highest BCUT2D eigenvalue weighted by atomic mass is 16.4. The van der Waals surface area contributed by atoms with Crippen molar-refractivity contribution in [3.05, 3.63) is 77.6 Å². The molecular weight excluding hydrogens is 316 g/mol. The molecule has 1 aliphatic rings. The van der Waals surface area contributed by atoms with E-state index in [-0.39, 0.29) is 12.5 Å². The molecule has 1 aliphatic heterocycles. The number of nitrogens with zero attached hydrogens (tertiary/aromatic N) is 2. The fraction of sp³-hybridized carbons (Fsp3) is 0.150. The topological polar surface area (TPSA) is 70.5 Å². The van der Waals surface area contributed by atoms with E-state index < -0.39 is 12.0 Å². The van der Waals surface area contributed by atoms with Crippen LogP contribution in [0.5, 0.6) is 0 Å². The molecule has 1 aromatic heterocycles. The second kappa shape index (κ2) is 6.02. The van der Waals surface area contributed by atoms with Crippen LogP contribution in [0.2, 0.25) is 0 Å². The van der Waals surface area contributed by atoms with Gasteiger partial charge in [0.2, 0.25) is 0 Å². The van der Waals surface area contributed by atoms with E-state index in [0.717, 1.165) is 21.9 Å². The highest BCUT2D eigenvalue weighted by molar-refractivity contribution is 6.06. The number of amides is 1. The van der Waals surface area contributed by atoms with E-state index in [1.165, 1.54) is 4.90 Å². The molecule has 4 rings (SSSR count). The Kier molecular flexibility index (Phi) is 3.69. The third-order valence-electron chi connectivity index (χ3n) is 4.67. The van der Waals surface area contributed by atoms with E-state index in [4.69, 9.17) is 0 Å². The summed E-state index contributed by atoms with van der Waals surface area (Å²) < 4.78 is 0. The third kappa shape index (κ3) is 2.63. The van der Waals surface area contributed by atoms with E-state index >= 15 is 0 Å². The molecule has 0 fully saturated rings. The minimum atomic E-state index is -0.997. The van der Waals surface area contributed by atoms with Crippen LogP contribution in [0.3, 0.4) is 0 Å². The van der Waals surface area contributed by atoms with Gasteiger partial charge in [0.05, 0.1) is 0 Å². The fourth-order valence-corrected chi connectivity index (χ4v) is 3.38. The lowest BCUT2D eigenvalue weighted by Crippen LogP contribution is -2.48. The molecule has 0 saturated heterocycles. The lowest BCUT2D eigenvalue weighted by Gasteiger charge is -2.34. The van der Waals surface area contributed by atoms with Gasteiger partial charge in [-0.15, -0.1) is 0 Å².